The first kappa shape index (κ1) is 25.0. The van der Waals surface area contributed by atoms with Gasteiger partial charge in [0, 0.05) is 43.8 Å². The van der Waals surface area contributed by atoms with Gasteiger partial charge in [0.25, 0.3) is 0 Å². The molecule has 10 heteroatoms. The molecule has 0 N–H and O–H groups in total. The van der Waals surface area contributed by atoms with Crippen LogP contribution in [0, 0.1) is 5.92 Å². The number of hydrogen-bond donors (Lipinski definition) is 0. The SMILES string of the molecule is COC(=O)c1cnc(N2CC3(C[C@H]3C)N(C3CCN(C(=O)OC(C)(C)C)CC3)C[C@H]2C)c(Cl)n1. The summed E-state index contributed by atoms with van der Waals surface area (Å²) in [5.41, 5.74) is -0.308. The summed E-state index contributed by atoms with van der Waals surface area (Å²) in [5.74, 6) is 0.621. The number of rotatable bonds is 3. The lowest BCUT2D eigenvalue weighted by Gasteiger charge is -2.51. The fourth-order valence-corrected chi connectivity index (χ4v) is 5.69. The number of esters is 1. The van der Waals surface area contributed by atoms with E-state index in [4.69, 9.17) is 21.1 Å². The van der Waals surface area contributed by atoms with E-state index in [-0.39, 0.29) is 28.5 Å². The number of aromatic nitrogens is 2. The zero-order chi connectivity index (χ0) is 24.8. The minimum absolute atomic E-state index is 0.0668. The van der Waals surface area contributed by atoms with Gasteiger partial charge in [0.05, 0.1) is 13.3 Å². The summed E-state index contributed by atoms with van der Waals surface area (Å²) in [6.07, 6.45) is 4.21. The molecular weight excluding hydrogens is 458 g/mol. The first-order valence-electron chi connectivity index (χ1n) is 12.1. The van der Waals surface area contributed by atoms with Crippen LogP contribution in [0.2, 0.25) is 5.15 Å². The first-order chi connectivity index (χ1) is 15.9. The molecule has 0 bridgehead atoms. The molecule has 1 amide bonds. The van der Waals surface area contributed by atoms with E-state index >= 15 is 0 Å². The normalized spacial score (nSPS) is 28.2. The van der Waals surface area contributed by atoms with E-state index in [0.29, 0.717) is 30.9 Å². The predicted molar refractivity (Wildman–Crippen MR) is 129 cm³/mol. The topological polar surface area (TPSA) is 88.1 Å². The largest absolute Gasteiger partial charge is 0.464 e. The van der Waals surface area contributed by atoms with Gasteiger partial charge in [0.1, 0.15) is 5.60 Å². The molecule has 34 heavy (non-hydrogen) atoms. The van der Waals surface area contributed by atoms with Gasteiger partial charge < -0.3 is 19.3 Å². The Kier molecular flexibility index (Phi) is 6.72. The third kappa shape index (κ3) is 4.82. The van der Waals surface area contributed by atoms with Crippen molar-refractivity contribution in [3.8, 4) is 0 Å². The van der Waals surface area contributed by atoms with Crippen LogP contribution >= 0.6 is 11.6 Å². The highest BCUT2D eigenvalue weighted by molar-refractivity contribution is 6.31. The molecule has 1 unspecified atom stereocenters. The first-order valence-corrected chi connectivity index (χ1v) is 12.4. The lowest BCUT2D eigenvalue weighted by molar-refractivity contribution is 0.00350. The Bertz CT molecular complexity index is 946. The highest BCUT2D eigenvalue weighted by Gasteiger charge is 2.60. The number of ether oxygens (including phenoxy) is 2. The third-order valence-electron chi connectivity index (χ3n) is 7.36. The molecule has 1 saturated carbocycles. The molecular formula is C24H36ClN5O4. The number of carbonyl (C=O) groups is 2. The van der Waals surface area contributed by atoms with E-state index < -0.39 is 11.6 Å². The van der Waals surface area contributed by atoms with Crippen LogP contribution in [-0.4, -0.2) is 88.3 Å². The number of halogens is 1. The Morgan fingerprint density at radius 3 is 2.38 bits per heavy atom. The van der Waals surface area contributed by atoms with Crippen molar-refractivity contribution in [3.63, 3.8) is 0 Å². The quantitative estimate of drug-likeness (QED) is 0.590. The van der Waals surface area contributed by atoms with Crippen molar-refractivity contribution in [1.82, 2.24) is 19.8 Å². The number of hydrogen-bond acceptors (Lipinski definition) is 8. The Balaban J connectivity index is 1.45. The second kappa shape index (κ2) is 9.15. The molecule has 2 saturated heterocycles. The second-order valence-electron chi connectivity index (χ2n) is 10.9. The number of anilines is 1. The maximum Gasteiger partial charge on any atom is 0.410 e. The standard InChI is InChI=1S/C24H36ClN5O4/c1-15-11-24(15)14-29(20-19(25)27-18(12-26-20)21(31)33-6)16(2)13-30(24)17-7-9-28(10-8-17)22(32)34-23(3,4)5/h12,15-17H,7-11,13-14H2,1-6H3/t15-,16-,24?/m1/s1. The molecule has 1 aliphatic carbocycles. The van der Waals surface area contributed by atoms with Crippen LogP contribution in [-0.2, 0) is 9.47 Å². The number of carbonyl (C=O) groups excluding carboxylic acids is 2. The summed E-state index contributed by atoms with van der Waals surface area (Å²) in [7, 11) is 1.31. The highest BCUT2D eigenvalue weighted by atomic mass is 35.5. The monoisotopic (exact) mass is 493 g/mol. The predicted octanol–water partition coefficient (Wildman–Crippen LogP) is 3.61. The summed E-state index contributed by atoms with van der Waals surface area (Å²) in [4.78, 5) is 39.7. The lowest BCUT2D eigenvalue weighted by atomic mass is 9.95. The molecule has 4 rings (SSSR count). The molecule has 2 aliphatic heterocycles. The number of amides is 1. The van der Waals surface area contributed by atoms with Crippen LogP contribution in [0.15, 0.2) is 6.20 Å². The minimum atomic E-state index is -0.552. The number of piperazine rings is 1. The third-order valence-corrected chi connectivity index (χ3v) is 7.62. The van der Waals surface area contributed by atoms with Crippen molar-refractivity contribution < 1.29 is 19.1 Å². The minimum Gasteiger partial charge on any atom is -0.464 e. The average molecular weight is 494 g/mol. The summed E-state index contributed by atoms with van der Waals surface area (Å²) in [6, 6.07) is 0.606. The van der Waals surface area contributed by atoms with Gasteiger partial charge in [-0.15, -0.1) is 0 Å². The smallest absolute Gasteiger partial charge is 0.410 e. The summed E-state index contributed by atoms with van der Waals surface area (Å²) in [6.45, 7) is 13.3. The van der Waals surface area contributed by atoms with Crippen molar-refractivity contribution in [2.45, 2.75) is 77.1 Å². The van der Waals surface area contributed by atoms with E-state index in [1.165, 1.54) is 13.3 Å². The number of likely N-dealkylation sites (tertiary alicyclic amines) is 1. The molecule has 3 fully saturated rings. The number of nitrogens with zero attached hydrogens (tertiary/aromatic N) is 5. The molecule has 1 spiro atoms. The molecule has 3 atom stereocenters. The van der Waals surface area contributed by atoms with Crippen LogP contribution in [0.3, 0.4) is 0 Å². The van der Waals surface area contributed by atoms with Gasteiger partial charge in [-0.1, -0.05) is 18.5 Å². The Morgan fingerprint density at radius 2 is 1.85 bits per heavy atom. The zero-order valence-electron chi connectivity index (χ0n) is 21.0. The fourth-order valence-electron chi connectivity index (χ4n) is 5.44. The Labute approximate surface area is 206 Å². The van der Waals surface area contributed by atoms with Crippen molar-refractivity contribution in [2.75, 3.05) is 38.2 Å². The molecule has 3 heterocycles. The van der Waals surface area contributed by atoms with Gasteiger partial charge in [-0.05, 0) is 52.9 Å². The van der Waals surface area contributed by atoms with Gasteiger partial charge in [0.15, 0.2) is 16.7 Å². The van der Waals surface area contributed by atoms with E-state index in [1.807, 2.05) is 25.7 Å². The zero-order valence-corrected chi connectivity index (χ0v) is 21.8. The van der Waals surface area contributed by atoms with Crippen LogP contribution in [0.4, 0.5) is 10.6 Å². The second-order valence-corrected chi connectivity index (χ2v) is 11.3. The maximum atomic E-state index is 12.5. The van der Waals surface area contributed by atoms with Gasteiger partial charge in [-0.3, -0.25) is 4.90 Å². The van der Waals surface area contributed by atoms with Crippen molar-refractivity contribution in [3.05, 3.63) is 17.0 Å². The van der Waals surface area contributed by atoms with Crippen LogP contribution in [0.25, 0.3) is 0 Å². The Morgan fingerprint density at radius 1 is 1.21 bits per heavy atom. The van der Waals surface area contributed by atoms with Crippen LogP contribution in [0.5, 0.6) is 0 Å². The maximum absolute atomic E-state index is 12.5. The van der Waals surface area contributed by atoms with Gasteiger partial charge in [-0.25, -0.2) is 19.6 Å². The number of piperidine rings is 1. The van der Waals surface area contributed by atoms with Gasteiger partial charge in [0.2, 0.25) is 0 Å². The lowest BCUT2D eigenvalue weighted by Crippen LogP contribution is -2.64. The van der Waals surface area contributed by atoms with E-state index in [0.717, 1.165) is 32.4 Å². The summed E-state index contributed by atoms with van der Waals surface area (Å²) in [5, 5.41) is 0.220. The highest BCUT2D eigenvalue weighted by Crippen LogP contribution is 2.53. The molecule has 3 aliphatic rings. The summed E-state index contributed by atoms with van der Waals surface area (Å²) < 4.78 is 10.3. The number of methoxy groups -OCH3 is 1. The molecule has 0 aromatic carbocycles. The fraction of sp³-hybridized carbons (Fsp3) is 0.750. The van der Waals surface area contributed by atoms with Crippen LogP contribution < -0.4 is 4.90 Å². The van der Waals surface area contributed by atoms with Crippen LogP contribution in [0.1, 0.15) is 64.4 Å². The van der Waals surface area contributed by atoms with Gasteiger partial charge >= 0.3 is 12.1 Å². The molecule has 188 valence electrons. The Hall–Kier alpha value is -2.13. The van der Waals surface area contributed by atoms with Crippen molar-refractivity contribution in [1.29, 1.82) is 0 Å². The molecule has 9 nitrogen and oxygen atoms in total. The molecule has 0 radical (unpaired) electrons. The van der Waals surface area contributed by atoms with Crippen molar-refractivity contribution in [2.24, 2.45) is 5.92 Å². The molecule has 1 aromatic heterocycles. The average Bonchev–Trinajstić information content (AvgIpc) is 3.42. The summed E-state index contributed by atoms with van der Waals surface area (Å²) >= 11 is 6.47. The van der Waals surface area contributed by atoms with Gasteiger partial charge in [-0.2, -0.15) is 0 Å². The van der Waals surface area contributed by atoms with Crippen molar-refractivity contribution >= 4 is 29.5 Å². The van der Waals surface area contributed by atoms with E-state index in [9.17, 15) is 9.59 Å². The molecule has 1 aromatic rings. The van der Waals surface area contributed by atoms with E-state index in [2.05, 4.69) is 33.6 Å². The van der Waals surface area contributed by atoms with E-state index in [1.54, 1.807) is 0 Å².